The Morgan fingerprint density at radius 2 is 1.42 bits per heavy atom. The van der Waals surface area contributed by atoms with Crippen LogP contribution >= 0.6 is 0 Å². The molecule has 0 bridgehead atoms. The number of fused-ring (bicyclic) bond motifs is 1. The fourth-order valence-electron chi connectivity index (χ4n) is 5.31. The lowest BCUT2D eigenvalue weighted by molar-refractivity contribution is 0.0197. The number of nitrogens with one attached hydrogen (secondary N) is 1. The summed E-state index contributed by atoms with van der Waals surface area (Å²) in [5.41, 5.74) is 4.35. The summed E-state index contributed by atoms with van der Waals surface area (Å²) < 4.78 is 43.2. The van der Waals surface area contributed by atoms with Gasteiger partial charge in [0.1, 0.15) is 25.0 Å². The molecule has 9 nitrogen and oxygen atoms in total. The molecule has 50 heavy (non-hydrogen) atoms. The molecule has 1 N–H and O–H groups in total. The van der Waals surface area contributed by atoms with Gasteiger partial charge in [-0.3, -0.25) is 0 Å². The molecule has 0 saturated heterocycles. The Hall–Kier alpha value is -2.82. The summed E-state index contributed by atoms with van der Waals surface area (Å²) in [6.45, 7) is 25.8. The van der Waals surface area contributed by atoms with Crippen LogP contribution in [0.15, 0.2) is 36.5 Å². The van der Waals surface area contributed by atoms with Gasteiger partial charge in [0, 0.05) is 56.5 Å². The van der Waals surface area contributed by atoms with E-state index in [2.05, 4.69) is 83.3 Å². The first-order valence-corrected chi connectivity index (χ1v) is 29.0. The Kier molecular flexibility index (Phi) is 13.7. The number of ether oxygens (including phenoxy) is 4. The second-order valence-electron chi connectivity index (χ2n) is 16.7. The Morgan fingerprint density at radius 3 is 2.02 bits per heavy atom. The molecule has 2 aromatic heterocycles. The zero-order valence-electron chi connectivity index (χ0n) is 32.3. The van der Waals surface area contributed by atoms with Gasteiger partial charge in [0.15, 0.2) is 24.2 Å². The average molecular weight is 742 g/mol. The maximum Gasteiger partial charge on any atom is 0.189 e. The summed E-state index contributed by atoms with van der Waals surface area (Å²) in [7, 11) is -1.84. The lowest BCUT2D eigenvalue weighted by atomic mass is 9.96. The van der Waals surface area contributed by atoms with Gasteiger partial charge < -0.3 is 28.8 Å². The molecular formula is C37H60FN5O4Si3. The minimum Gasteiger partial charge on any atom is -0.464 e. The van der Waals surface area contributed by atoms with Crippen LogP contribution in [0, 0.1) is 5.82 Å². The Labute approximate surface area is 301 Å². The van der Waals surface area contributed by atoms with Crippen LogP contribution in [0.1, 0.15) is 12.5 Å². The van der Waals surface area contributed by atoms with Crippen molar-refractivity contribution in [1.82, 2.24) is 19.3 Å². The molecule has 4 rings (SSSR count). The first-order valence-electron chi connectivity index (χ1n) is 17.9. The molecule has 2 heterocycles. The van der Waals surface area contributed by atoms with Gasteiger partial charge in [0.2, 0.25) is 0 Å². The van der Waals surface area contributed by atoms with Crippen molar-refractivity contribution < 1.29 is 23.3 Å². The van der Waals surface area contributed by atoms with Gasteiger partial charge in [-0.25, -0.2) is 14.1 Å². The molecule has 0 amide bonds. The molecule has 0 fully saturated rings. The van der Waals surface area contributed by atoms with E-state index >= 15 is 4.39 Å². The number of hydrogen-bond acceptors (Lipinski definition) is 7. The SMILES string of the molecule is CCc1cc(OCOCC[Si](C)(C)C)c(F)cc1-c1ccc2c(-c3nc(NC)cn3COCC[Si](C)(C)C)nn(COCC[Si](C)(C)C)c2c1. The normalized spacial score (nSPS) is 12.6. The molecule has 0 spiro atoms. The topological polar surface area (TPSA) is 84.6 Å². The molecule has 0 radical (unpaired) electrons. The van der Waals surface area contributed by atoms with Gasteiger partial charge >= 0.3 is 0 Å². The minimum atomic E-state index is -1.27. The number of rotatable bonds is 20. The van der Waals surface area contributed by atoms with Crippen molar-refractivity contribution in [3.8, 4) is 28.4 Å². The minimum absolute atomic E-state index is 0.0317. The van der Waals surface area contributed by atoms with E-state index in [4.69, 9.17) is 29.0 Å². The van der Waals surface area contributed by atoms with Crippen molar-refractivity contribution in [3.05, 3.63) is 47.9 Å². The largest absolute Gasteiger partial charge is 0.464 e. The summed E-state index contributed by atoms with van der Waals surface area (Å²) in [5, 5.41) is 9.19. The van der Waals surface area contributed by atoms with Gasteiger partial charge in [-0.05, 0) is 65.5 Å². The van der Waals surface area contributed by atoms with E-state index in [-0.39, 0.29) is 12.5 Å². The van der Waals surface area contributed by atoms with E-state index in [0.717, 1.165) is 63.1 Å². The predicted octanol–water partition coefficient (Wildman–Crippen LogP) is 9.63. The van der Waals surface area contributed by atoms with E-state index in [0.29, 0.717) is 39.7 Å². The zero-order valence-corrected chi connectivity index (χ0v) is 35.3. The van der Waals surface area contributed by atoms with E-state index < -0.39 is 30.0 Å². The fourth-order valence-corrected chi connectivity index (χ4v) is 7.58. The van der Waals surface area contributed by atoms with Crippen molar-refractivity contribution in [2.75, 3.05) is 39.0 Å². The van der Waals surface area contributed by atoms with E-state index in [1.807, 2.05) is 28.6 Å². The molecule has 0 aliphatic heterocycles. The highest BCUT2D eigenvalue weighted by atomic mass is 28.3. The summed E-state index contributed by atoms with van der Waals surface area (Å²) in [4.78, 5) is 4.89. The fraction of sp³-hybridized carbons (Fsp3) is 0.568. The zero-order chi connectivity index (χ0) is 36.7. The monoisotopic (exact) mass is 741 g/mol. The highest BCUT2D eigenvalue weighted by molar-refractivity contribution is 6.76. The van der Waals surface area contributed by atoms with Crippen LogP contribution in [-0.4, -0.2) is 77.2 Å². The van der Waals surface area contributed by atoms with Crippen LogP contribution in [0.4, 0.5) is 10.2 Å². The Balaban J connectivity index is 1.68. The average Bonchev–Trinajstić information content (AvgIpc) is 3.60. The van der Waals surface area contributed by atoms with Crippen LogP contribution in [-0.2, 0) is 34.1 Å². The molecule has 2 aromatic carbocycles. The smallest absolute Gasteiger partial charge is 0.189 e. The summed E-state index contributed by atoms with van der Waals surface area (Å²) in [6.07, 6.45) is 2.68. The molecule has 0 unspecified atom stereocenters. The van der Waals surface area contributed by atoms with Gasteiger partial charge in [-0.15, -0.1) is 0 Å². The van der Waals surface area contributed by atoms with Crippen LogP contribution in [0.2, 0.25) is 77.1 Å². The Bertz CT molecular complexity index is 1710. The second-order valence-corrected chi connectivity index (χ2v) is 33.6. The highest BCUT2D eigenvalue weighted by Gasteiger charge is 2.22. The van der Waals surface area contributed by atoms with Gasteiger partial charge in [0.05, 0.1) is 11.7 Å². The van der Waals surface area contributed by atoms with Crippen molar-refractivity contribution in [2.24, 2.45) is 0 Å². The molecule has 276 valence electrons. The maximum absolute atomic E-state index is 15.5. The number of benzene rings is 2. The number of aryl methyl sites for hydroxylation is 1. The highest BCUT2D eigenvalue weighted by Crippen LogP contribution is 2.35. The van der Waals surface area contributed by atoms with Crippen LogP contribution in [0.5, 0.6) is 5.75 Å². The number of hydrogen-bond donors (Lipinski definition) is 1. The van der Waals surface area contributed by atoms with Crippen molar-refractivity contribution >= 4 is 40.9 Å². The molecule has 0 atom stereocenters. The molecule has 0 saturated carbocycles. The van der Waals surface area contributed by atoms with Gasteiger partial charge in [-0.2, -0.15) is 5.10 Å². The van der Waals surface area contributed by atoms with Crippen molar-refractivity contribution in [1.29, 1.82) is 0 Å². The third kappa shape index (κ3) is 11.6. The van der Waals surface area contributed by atoms with Crippen molar-refractivity contribution in [2.45, 2.75) is 104 Å². The van der Waals surface area contributed by atoms with E-state index in [9.17, 15) is 0 Å². The number of aromatic nitrogens is 4. The third-order valence-electron chi connectivity index (χ3n) is 8.58. The summed E-state index contributed by atoms with van der Waals surface area (Å²) in [6, 6.07) is 12.7. The number of anilines is 1. The lowest BCUT2D eigenvalue weighted by Crippen LogP contribution is -2.22. The van der Waals surface area contributed by atoms with Crippen LogP contribution < -0.4 is 10.1 Å². The molecule has 4 aromatic rings. The molecular weight excluding hydrogens is 682 g/mol. The van der Waals surface area contributed by atoms with Crippen LogP contribution in [0.25, 0.3) is 33.5 Å². The molecule has 0 aliphatic carbocycles. The lowest BCUT2D eigenvalue weighted by Gasteiger charge is -2.16. The number of imidazole rings is 1. The number of nitrogens with zero attached hydrogens (tertiary/aromatic N) is 4. The first-order chi connectivity index (χ1) is 23.5. The predicted molar refractivity (Wildman–Crippen MR) is 213 cm³/mol. The Morgan fingerprint density at radius 1 is 0.800 bits per heavy atom. The van der Waals surface area contributed by atoms with E-state index in [1.54, 1.807) is 12.1 Å². The second kappa shape index (κ2) is 17.1. The van der Waals surface area contributed by atoms with Crippen molar-refractivity contribution in [3.63, 3.8) is 0 Å². The van der Waals surface area contributed by atoms with Gasteiger partial charge in [-0.1, -0.05) is 71.9 Å². The van der Waals surface area contributed by atoms with Gasteiger partial charge in [0.25, 0.3) is 0 Å². The standard InChI is InChI=1S/C37H60FN5O4Si3/c1-12-28-22-34(47-27-46-17-20-50(9,10)11)32(38)23-31(28)29-13-14-30-33(21-29)43(26-45-16-19-49(6,7)8)41-36(30)37-40-35(39-2)24-42(37)25-44-15-18-48(3,4)5/h13-14,21-24,39H,12,15-20,25-27H2,1-11H3. The molecule has 13 heteroatoms. The quantitative estimate of drug-likeness (QED) is 0.0549. The van der Waals surface area contributed by atoms with E-state index in [1.165, 1.54) is 0 Å². The molecule has 0 aliphatic rings. The first kappa shape index (κ1) is 40.0. The number of halogens is 1. The summed E-state index contributed by atoms with van der Waals surface area (Å²) in [5.74, 6) is 1.26. The third-order valence-corrected chi connectivity index (χ3v) is 13.7. The summed E-state index contributed by atoms with van der Waals surface area (Å²) >= 11 is 0. The maximum atomic E-state index is 15.5. The van der Waals surface area contributed by atoms with Crippen LogP contribution in [0.3, 0.4) is 0 Å².